The van der Waals surface area contributed by atoms with Gasteiger partial charge in [0.1, 0.15) is 5.75 Å². The minimum absolute atomic E-state index is 0.0875. The smallest absolute Gasteiger partial charge is 0.230 e. The van der Waals surface area contributed by atoms with Gasteiger partial charge in [-0.2, -0.15) is 0 Å². The molecule has 3 N–H and O–H groups in total. The molecule has 1 aliphatic heterocycles. The second kappa shape index (κ2) is 7.21. The highest BCUT2D eigenvalue weighted by atomic mass is 16.5. The van der Waals surface area contributed by atoms with Gasteiger partial charge in [0.25, 0.3) is 0 Å². The van der Waals surface area contributed by atoms with E-state index in [2.05, 4.69) is 10.3 Å². The SMILES string of the molecule is COc1cc(NC(=O)Cc2ccc(N)cn2)ccc1N1CCCC1=O. The highest BCUT2D eigenvalue weighted by Crippen LogP contribution is 2.33. The molecule has 7 heteroatoms. The molecule has 130 valence electrons. The number of hydrogen-bond acceptors (Lipinski definition) is 5. The summed E-state index contributed by atoms with van der Waals surface area (Å²) in [6, 6.07) is 8.70. The maximum absolute atomic E-state index is 12.2. The Morgan fingerprint density at radius 2 is 2.20 bits per heavy atom. The molecule has 25 heavy (non-hydrogen) atoms. The fourth-order valence-electron chi connectivity index (χ4n) is 2.79. The molecule has 0 unspecified atom stereocenters. The van der Waals surface area contributed by atoms with Crippen LogP contribution in [0.1, 0.15) is 18.5 Å². The molecule has 0 aliphatic carbocycles. The van der Waals surface area contributed by atoms with Gasteiger partial charge in [-0.25, -0.2) is 0 Å². The maximum atomic E-state index is 12.2. The van der Waals surface area contributed by atoms with Crippen molar-refractivity contribution in [3.8, 4) is 5.75 Å². The molecule has 0 atom stereocenters. The van der Waals surface area contributed by atoms with Crippen LogP contribution in [0.3, 0.4) is 0 Å². The van der Waals surface area contributed by atoms with Crippen molar-refractivity contribution in [2.24, 2.45) is 0 Å². The van der Waals surface area contributed by atoms with E-state index >= 15 is 0 Å². The van der Waals surface area contributed by atoms with Crippen LogP contribution in [0, 0.1) is 0 Å². The molecular formula is C18H20N4O3. The van der Waals surface area contributed by atoms with Gasteiger partial charge in [0.2, 0.25) is 11.8 Å². The lowest BCUT2D eigenvalue weighted by atomic mass is 10.2. The Balaban J connectivity index is 1.71. The summed E-state index contributed by atoms with van der Waals surface area (Å²) in [7, 11) is 1.54. The zero-order valence-electron chi connectivity index (χ0n) is 14.0. The first-order chi connectivity index (χ1) is 12.1. The number of carbonyl (C=O) groups is 2. The summed E-state index contributed by atoms with van der Waals surface area (Å²) in [6.07, 6.45) is 3.06. The third-order valence-electron chi connectivity index (χ3n) is 4.02. The average Bonchev–Trinajstić information content (AvgIpc) is 3.02. The monoisotopic (exact) mass is 340 g/mol. The van der Waals surface area contributed by atoms with Crippen molar-refractivity contribution in [1.29, 1.82) is 0 Å². The number of anilines is 3. The van der Waals surface area contributed by atoms with E-state index in [0.29, 0.717) is 35.8 Å². The van der Waals surface area contributed by atoms with Crippen LogP contribution in [0.4, 0.5) is 17.1 Å². The number of nitrogens with one attached hydrogen (secondary N) is 1. The molecule has 2 amide bonds. The van der Waals surface area contributed by atoms with Crippen molar-refractivity contribution in [1.82, 2.24) is 4.98 Å². The number of hydrogen-bond donors (Lipinski definition) is 2. The van der Waals surface area contributed by atoms with Crippen molar-refractivity contribution in [3.63, 3.8) is 0 Å². The van der Waals surface area contributed by atoms with Gasteiger partial charge in [0.15, 0.2) is 0 Å². The molecule has 7 nitrogen and oxygen atoms in total. The summed E-state index contributed by atoms with van der Waals surface area (Å²) in [4.78, 5) is 29.9. The lowest BCUT2D eigenvalue weighted by Gasteiger charge is -2.19. The van der Waals surface area contributed by atoms with Gasteiger partial charge in [-0.1, -0.05) is 0 Å². The molecule has 1 aliphatic rings. The van der Waals surface area contributed by atoms with Gasteiger partial charge in [0, 0.05) is 30.4 Å². The summed E-state index contributed by atoms with van der Waals surface area (Å²) >= 11 is 0. The molecule has 2 heterocycles. The highest BCUT2D eigenvalue weighted by Gasteiger charge is 2.24. The lowest BCUT2D eigenvalue weighted by molar-refractivity contribution is -0.117. The highest BCUT2D eigenvalue weighted by molar-refractivity contribution is 5.98. The van der Waals surface area contributed by atoms with Crippen LogP contribution in [0.5, 0.6) is 5.75 Å². The number of rotatable bonds is 5. The number of pyridine rings is 1. The van der Waals surface area contributed by atoms with E-state index in [-0.39, 0.29) is 18.2 Å². The molecule has 0 saturated carbocycles. The quantitative estimate of drug-likeness (QED) is 0.867. The number of carbonyl (C=O) groups excluding carboxylic acids is 2. The topological polar surface area (TPSA) is 97.5 Å². The molecule has 1 aromatic carbocycles. The van der Waals surface area contributed by atoms with Gasteiger partial charge in [-0.15, -0.1) is 0 Å². The third-order valence-corrected chi connectivity index (χ3v) is 4.02. The van der Waals surface area contributed by atoms with E-state index in [4.69, 9.17) is 10.5 Å². The first-order valence-corrected chi connectivity index (χ1v) is 8.05. The molecule has 0 bridgehead atoms. The average molecular weight is 340 g/mol. The minimum atomic E-state index is -0.190. The van der Waals surface area contributed by atoms with Crippen LogP contribution in [-0.2, 0) is 16.0 Å². The second-order valence-electron chi connectivity index (χ2n) is 5.84. The Kier molecular flexibility index (Phi) is 4.83. The lowest BCUT2D eigenvalue weighted by Crippen LogP contribution is -2.24. The van der Waals surface area contributed by atoms with Crippen molar-refractivity contribution in [3.05, 3.63) is 42.2 Å². The summed E-state index contributed by atoms with van der Waals surface area (Å²) in [5.41, 5.74) is 8.11. The maximum Gasteiger partial charge on any atom is 0.230 e. The molecule has 1 saturated heterocycles. The van der Waals surface area contributed by atoms with Crippen LogP contribution in [0.15, 0.2) is 36.5 Å². The van der Waals surface area contributed by atoms with Gasteiger partial charge in [-0.3, -0.25) is 14.6 Å². The molecule has 0 radical (unpaired) electrons. The summed E-state index contributed by atoms with van der Waals surface area (Å²) < 4.78 is 5.39. The number of nitrogens with two attached hydrogens (primary N) is 1. The Bertz CT molecular complexity index is 789. The second-order valence-corrected chi connectivity index (χ2v) is 5.84. The van der Waals surface area contributed by atoms with Crippen LogP contribution in [0.2, 0.25) is 0 Å². The zero-order valence-corrected chi connectivity index (χ0v) is 14.0. The summed E-state index contributed by atoms with van der Waals surface area (Å²) in [5.74, 6) is 0.451. The summed E-state index contributed by atoms with van der Waals surface area (Å²) in [5, 5.41) is 2.82. The number of nitrogen functional groups attached to an aromatic ring is 1. The number of nitrogens with zero attached hydrogens (tertiary/aromatic N) is 2. The summed E-state index contributed by atoms with van der Waals surface area (Å²) in [6.45, 7) is 0.684. The van der Waals surface area contributed by atoms with Crippen LogP contribution in [-0.4, -0.2) is 30.5 Å². The number of methoxy groups -OCH3 is 1. The van der Waals surface area contributed by atoms with Crippen molar-refractivity contribution in [2.45, 2.75) is 19.3 Å². The van der Waals surface area contributed by atoms with Gasteiger partial charge in [0.05, 0.1) is 31.1 Å². The van der Waals surface area contributed by atoms with Gasteiger partial charge < -0.3 is 20.7 Å². The van der Waals surface area contributed by atoms with Crippen LogP contribution >= 0.6 is 0 Å². The van der Waals surface area contributed by atoms with Gasteiger partial charge >= 0.3 is 0 Å². The van der Waals surface area contributed by atoms with Gasteiger partial charge in [-0.05, 0) is 30.7 Å². The van der Waals surface area contributed by atoms with Crippen LogP contribution < -0.4 is 20.7 Å². The molecule has 2 aromatic rings. The van der Waals surface area contributed by atoms with Crippen molar-refractivity contribution >= 4 is 28.9 Å². The molecule has 1 aromatic heterocycles. The number of ether oxygens (including phenoxy) is 1. The predicted molar refractivity (Wildman–Crippen MR) is 95.6 cm³/mol. The van der Waals surface area contributed by atoms with E-state index in [1.807, 2.05) is 0 Å². The number of benzene rings is 1. The zero-order chi connectivity index (χ0) is 17.8. The fraction of sp³-hybridized carbons (Fsp3) is 0.278. The Morgan fingerprint density at radius 3 is 2.84 bits per heavy atom. The normalized spacial score (nSPS) is 13.8. The van der Waals surface area contributed by atoms with E-state index < -0.39 is 0 Å². The fourth-order valence-corrected chi connectivity index (χ4v) is 2.79. The van der Waals surface area contributed by atoms with E-state index in [1.165, 1.54) is 6.20 Å². The van der Waals surface area contributed by atoms with E-state index in [1.54, 1.807) is 42.3 Å². The third kappa shape index (κ3) is 3.88. The number of aromatic nitrogens is 1. The first-order valence-electron chi connectivity index (χ1n) is 8.05. The van der Waals surface area contributed by atoms with E-state index in [9.17, 15) is 9.59 Å². The standard InChI is InChI=1S/C18H20N4O3/c1-25-16-9-14(6-7-15(16)22-8-2-3-18(22)24)21-17(23)10-13-5-4-12(19)11-20-13/h4-7,9,11H,2-3,8,10,19H2,1H3,(H,21,23). The molecule has 0 spiro atoms. The molecule has 3 rings (SSSR count). The largest absolute Gasteiger partial charge is 0.494 e. The molecule has 1 fully saturated rings. The Labute approximate surface area is 145 Å². The van der Waals surface area contributed by atoms with Crippen molar-refractivity contribution in [2.75, 3.05) is 29.6 Å². The predicted octanol–water partition coefficient (Wildman–Crippen LogP) is 1.98. The Hall–Kier alpha value is -3.09. The number of amides is 2. The Morgan fingerprint density at radius 1 is 1.36 bits per heavy atom. The van der Waals surface area contributed by atoms with Crippen LogP contribution in [0.25, 0.3) is 0 Å². The van der Waals surface area contributed by atoms with Crippen molar-refractivity contribution < 1.29 is 14.3 Å². The van der Waals surface area contributed by atoms with E-state index in [0.717, 1.165) is 12.1 Å². The molecular weight excluding hydrogens is 320 g/mol. The first kappa shape index (κ1) is 16.8. The minimum Gasteiger partial charge on any atom is -0.494 e.